The molecule has 2 heterocycles. The molecule has 6 heteroatoms. The molecule has 0 spiro atoms. The highest BCUT2D eigenvalue weighted by atomic mass is 16.1. The average Bonchev–Trinajstić information content (AvgIpc) is 2.72. The lowest BCUT2D eigenvalue weighted by Gasteiger charge is -2.06. The number of anilines is 2. The summed E-state index contributed by atoms with van der Waals surface area (Å²) < 4.78 is 3.33. The molecule has 0 aromatic carbocycles. The Bertz CT molecular complexity index is 599. The van der Waals surface area contributed by atoms with Gasteiger partial charge in [0, 0.05) is 32.2 Å². The van der Waals surface area contributed by atoms with E-state index in [1.54, 1.807) is 21.6 Å². The number of nitrogens with one attached hydrogen (secondary N) is 1. The van der Waals surface area contributed by atoms with Gasteiger partial charge < -0.3 is 9.88 Å². The largest absolute Gasteiger partial charge is 0.333 e. The van der Waals surface area contributed by atoms with Crippen LogP contribution in [0.15, 0.2) is 23.4 Å². The van der Waals surface area contributed by atoms with E-state index in [2.05, 4.69) is 15.4 Å². The Labute approximate surface area is 105 Å². The van der Waals surface area contributed by atoms with E-state index < -0.39 is 0 Å². The first-order valence-electron chi connectivity index (χ1n) is 6.00. The summed E-state index contributed by atoms with van der Waals surface area (Å²) in [4.78, 5) is 16.1. The van der Waals surface area contributed by atoms with Crippen LogP contribution in [0, 0.1) is 0 Å². The van der Waals surface area contributed by atoms with Gasteiger partial charge in [0.05, 0.1) is 11.4 Å². The van der Waals surface area contributed by atoms with Crippen molar-refractivity contribution < 1.29 is 0 Å². The maximum absolute atomic E-state index is 12.0. The quantitative estimate of drug-likeness (QED) is 0.884. The molecule has 0 amide bonds. The molecule has 2 rings (SSSR count). The van der Waals surface area contributed by atoms with E-state index in [0.29, 0.717) is 12.4 Å². The first kappa shape index (κ1) is 12.3. The topological polar surface area (TPSA) is 64.7 Å². The molecule has 96 valence electrons. The van der Waals surface area contributed by atoms with Gasteiger partial charge in [-0.2, -0.15) is 5.10 Å². The van der Waals surface area contributed by atoms with Crippen molar-refractivity contribution in [2.45, 2.75) is 26.8 Å². The zero-order chi connectivity index (χ0) is 13.1. The first-order chi connectivity index (χ1) is 8.65. The van der Waals surface area contributed by atoms with Crippen molar-refractivity contribution in [1.29, 1.82) is 0 Å². The second kappa shape index (κ2) is 5.03. The first-order valence-corrected chi connectivity index (χ1v) is 6.00. The van der Waals surface area contributed by atoms with Crippen molar-refractivity contribution >= 4 is 11.5 Å². The molecule has 0 aliphatic rings. The summed E-state index contributed by atoms with van der Waals surface area (Å²) in [5.74, 6) is 0.335. The van der Waals surface area contributed by atoms with Crippen LogP contribution in [-0.2, 0) is 20.0 Å². The maximum atomic E-state index is 12.0. The minimum atomic E-state index is -0.120. The van der Waals surface area contributed by atoms with Gasteiger partial charge in [0.2, 0.25) is 0 Å². The molecule has 0 radical (unpaired) electrons. The van der Waals surface area contributed by atoms with E-state index in [9.17, 15) is 4.79 Å². The summed E-state index contributed by atoms with van der Waals surface area (Å²) in [6.07, 6.45) is 5.95. The van der Waals surface area contributed by atoms with Crippen molar-refractivity contribution in [3.63, 3.8) is 0 Å². The summed E-state index contributed by atoms with van der Waals surface area (Å²) in [6, 6.07) is 0. The van der Waals surface area contributed by atoms with E-state index in [1.165, 1.54) is 0 Å². The molecule has 2 aromatic rings. The molecular formula is C12H17N5O. The van der Waals surface area contributed by atoms with Crippen LogP contribution in [0.2, 0.25) is 0 Å². The molecule has 6 nitrogen and oxygen atoms in total. The summed E-state index contributed by atoms with van der Waals surface area (Å²) in [6.45, 7) is 4.58. The fourth-order valence-electron chi connectivity index (χ4n) is 1.81. The van der Waals surface area contributed by atoms with Crippen molar-refractivity contribution in [3.8, 4) is 0 Å². The van der Waals surface area contributed by atoms with Gasteiger partial charge >= 0.3 is 0 Å². The van der Waals surface area contributed by atoms with Gasteiger partial charge in [-0.15, -0.1) is 0 Å². The third-order valence-corrected chi connectivity index (χ3v) is 2.75. The maximum Gasteiger partial charge on any atom is 0.293 e. The van der Waals surface area contributed by atoms with Gasteiger partial charge in [0.1, 0.15) is 0 Å². The number of aromatic nitrogens is 4. The summed E-state index contributed by atoms with van der Waals surface area (Å²) in [5.41, 5.74) is 1.63. The van der Waals surface area contributed by atoms with Crippen LogP contribution in [-0.4, -0.2) is 19.3 Å². The Morgan fingerprint density at radius 3 is 2.83 bits per heavy atom. The summed E-state index contributed by atoms with van der Waals surface area (Å²) in [7, 11) is 1.85. The molecule has 0 aliphatic carbocycles. The normalized spacial score (nSPS) is 10.6. The second-order valence-electron chi connectivity index (χ2n) is 4.01. The van der Waals surface area contributed by atoms with Crippen LogP contribution in [0.4, 0.5) is 11.5 Å². The van der Waals surface area contributed by atoms with Crippen molar-refractivity contribution in [1.82, 2.24) is 19.3 Å². The van der Waals surface area contributed by atoms with Crippen LogP contribution in [0.1, 0.15) is 19.5 Å². The molecule has 0 unspecified atom stereocenters. The molecule has 0 saturated heterocycles. The minimum absolute atomic E-state index is 0.120. The van der Waals surface area contributed by atoms with Gasteiger partial charge in [-0.05, 0) is 13.3 Å². The van der Waals surface area contributed by atoms with Crippen molar-refractivity contribution in [3.05, 3.63) is 34.6 Å². The van der Waals surface area contributed by atoms with E-state index in [1.807, 2.05) is 27.1 Å². The van der Waals surface area contributed by atoms with Crippen LogP contribution in [0.3, 0.4) is 0 Å². The number of hydrogen-bond acceptors (Lipinski definition) is 4. The van der Waals surface area contributed by atoms with Crippen LogP contribution < -0.4 is 10.9 Å². The molecule has 18 heavy (non-hydrogen) atoms. The predicted octanol–water partition coefficient (Wildman–Crippen LogP) is 1.30. The number of hydrogen-bond donors (Lipinski definition) is 1. The fourth-order valence-corrected chi connectivity index (χ4v) is 1.81. The summed E-state index contributed by atoms with van der Waals surface area (Å²) in [5, 5.41) is 7.37. The fraction of sp³-hybridized carbons (Fsp3) is 0.417. The highest BCUT2D eigenvalue weighted by Crippen LogP contribution is 2.16. The molecule has 0 bridgehead atoms. The Balaban J connectivity index is 2.37. The van der Waals surface area contributed by atoms with Crippen LogP contribution in [0.5, 0.6) is 0 Å². The lowest BCUT2D eigenvalue weighted by Crippen LogP contribution is -2.22. The third-order valence-electron chi connectivity index (χ3n) is 2.75. The third kappa shape index (κ3) is 2.27. The smallest absolute Gasteiger partial charge is 0.293 e. The highest BCUT2D eigenvalue weighted by molar-refractivity contribution is 5.57. The standard InChI is InChI=1S/C12H17N5O/c1-4-9-10(8-16(3)15-9)14-11-12(18)17(5-2)7-6-13-11/h6-8H,4-5H2,1-3H3,(H,13,14). The van der Waals surface area contributed by atoms with E-state index >= 15 is 0 Å². The Morgan fingerprint density at radius 2 is 2.17 bits per heavy atom. The van der Waals surface area contributed by atoms with Gasteiger partial charge in [-0.25, -0.2) is 4.98 Å². The molecular weight excluding hydrogens is 230 g/mol. The van der Waals surface area contributed by atoms with Gasteiger partial charge in [0.15, 0.2) is 5.82 Å². The second-order valence-corrected chi connectivity index (χ2v) is 4.01. The SMILES string of the molecule is CCc1nn(C)cc1Nc1nccn(CC)c1=O. The number of aryl methyl sites for hydroxylation is 3. The Kier molecular flexibility index (Phi) is 3.45. The molecule has 0 aliphatic heterocycles. The molecule has 2 aromatic heterocycles. The lowest BCUT2D eigenvalue weighted by atomic mass is 10.3. The van der Waals surface area contributed by atoms with Gasteiger partial charge in [-0.1, -0.05) is 6.92 Å². The Hall–Kier alpha value is -2.11. The van der Waals surface area contributed by atoms with Crippen molar-refractivity contribution in [2.75, 3.05) is 5.32 Å². The van der Waals surface area contributed by atoms with Gasteiger partial charge in [-0.3, -0.25) is 9.48 Å². The molecule has 0 atom stereocenters. The lowest BCUT2D eigenvalue weighted by molar-refractivity contribution is 0.720. The molecule has 0 fully saturated rings. The predicted molar refractivity (Wildman–Crippen MR) is 70.0 cm³/mol. The summed E-state index contributed by atoms with van der Waals surface area (Å²) >= 11 is 0. The zero-order valence-corrected chi connectivity index (χ0v) is 10.8. The van der Waals surface area contributed by atoms with Crippen LogP contribution in [0.25, 0.3) is 0 Å². The Morgan fingerprint density at radius 1 is 1.39 bits per heavy atom. The zero-order valence-electron chi connectivity index (χ0n) is 10.8. The highest BCUT2D eigenvalue weighted by Gasteiger charge is 2.09. The van der Waals surface area contributed by atoms with E-state index in [-0.39, 0.29) is 5.56 Å². The monoisotopic (exact) mass is 247 g/mol. The molecule has 0 saturated carbocycles. The average molecular weight is 247 g/mol. The minimum Gasteiger partial charge on any atom is -0.333 e. The van der Waals surface area contributed by atoms with E-state index in [0.717, 1.165) is 17.8 Å². The van der Waals surface area contributed by atoms with E-state index in [4.69, 9.17) is 0 Å². The number of rotatable bonds is 4. The van der Waals surface area contributed by atoms with Crippen molar-refractivity contribution in [2.24, 2.45) is 7.05 Å². The molecule has 1 N–H and O–H groups in total. The van der Waals surface area contributed by atoms with Gasteiger partial charge in [0.25, 0.3) is 5.56 Å². The number of nitrogens with zero attached hydrogens (tertiary/aromatic N) is 4. The van der Waals surface area contributed by atoms with Crippen LogP contribution >= 0.6 is 0 Å².